The van der Waals surface area contributed by atoms with Crippen molar-refractivity contribution in [1.82, 2.24) is 5.32 Å². The van der Waals surface area contributed by atoms with Crippen LogP contribution in [0.3, 0.4) is 0 Å². The number of hydrogen-bond donors (Lipinski definition) is 2. The molecule has 0 atom stereocenters. The number of hydrogen-bond acceptors (Lipinski definition) is 4. The fourth-order valence-corrected chi connectivity index (χ4v) is 2.83. The number of nitro benzene ring substituents is 1. The number of amides is 1. The molecule has 0 radical (unpaired) electrons. The van der Waals surface area contributed by atoms with Gasteiger partial charge in [-0.1, -0.05) is 25.7 Å². The Morgan fingerprint density at radius 3 is 2.71 bits per heavy atom. The van der Waals surface area contributed by atoms with Crippen molar-refractivity contribution in [3.63, 3.8) is 0 Å². The summed E-state index contributed by atoms with van der Waals surface area (Å²) in [5, 5.41) is 16.5. The molecule has 0 bridgehead atoms. The third-order valence-electron chi connectivity index (χ3n) is 4.04. The molecule has 2 rings (SSSR count). The first-order chi connectivity index (χ1) is 10.1. The second-order valence-electron chi connectivity index (χ2n) is 5.43. The molecule has 6 nitrogen and oxygen atoms in total. The molecule has 0 aliphatic heterocycles. The summed E-state index contributed by atoms with van der Waals surface area (Å²) < 4.78 is 0. The van der Waals surface area contributed by atoms with E-state index in [1.165, 1.54) is 43.9 Å². The summed E-state index contributed by atoms with van der Waals surface area (Å²) in [7, 11) is 1.60. The van der Waals surface area contributed by atoms with Crippen LogP contribution < -0.4 is 10.6 Å². The second kappa shape index (κ2) is 7.06. The van der Waals surface area contributed by atoms with E-state index < -0.39 is 4.92 Å². The highest BCUT2D eigenvalue weighted by Crippen LogP contribution is 2.27. The van der Waals surface area contributed by atoms with Crippen LogP contribution >= 0.6 is 0 Å². The standard InChI is InChI=1S/C15H21N3O3/c1-16-13-10-12(6-7-14(13)18(20)21)15(19)17-9-8-11-4-2-3-5-11/h6-7,10-11,16H,2-5,8-9H2,1H3,(H,17,19). The van der Waals surface area contributed by atoms with Crippen molar-refractivity contribution in [1.29, 1.82) is 0 Å². The van der Waals surface area contributed by atoms with E-state index in [1.807, 2.05) is 0 Å². The topological polar surface area (TPSA) is 84.3 Å². The van der Waals surface area contributed by atoms with E-state index >= 15 is 0 Å². The molecule has 1 aliphatic rings. The third-order valence-corrected chi connectivity index (χ3v) is 4.04. The predicted molar refractivity (Wildman–Crippen MR) is 81.6 cm³/mol. The zero-order chi connectivity index (χ0) is 15.2. The molecule has 1 aromatic rings. The van der Waals surface area contributed by atoms with Gasteiger partial charge in [-0.2, -0.15) is 0 Å². The Kier molecular flexibility index (Phi) is 5.14. The molecule has 1 amide bonds. The monoisotopic (exact) mass is 291 g/mol. The van der Waals surface area contributed by atoms with Crippen molar-refractivity contribution in [2.45, 2.75) is 32.1 Å². The Bertz CT molecular complexity index is 525. The number of nitro groups is 1. The minimum Gasteiger partial charge on any atom is -0.383 e. The highest BCUT2D eigenvalue weighted by atomic mass is 16.6. The van der Waals surface area contributed by atoms with E-state index in [0.29, 0.717) is 17.8 Å². The van der Waals surface area contributed by atoms with Crippen LogP contribution in [0.2, 0.25) is 0 Å². The Hall–Kier alpha value is -2.11. The van der Waals surface area contributed by atoms with Crippen LogP contribution in [0.15, 0.2) is 18.2 Å². The van der Waals surface area contributed by atoms with Crippen LogP contribution in [-0.2, 0) is 0 Å². The highest BCUT2D eigenvalue weighted by molar-refractivity contribution is 5.95. The smallest absolute Gasteiger partial charge is 0.292 e. The van der Waals surface area contributed by atoms with Crippen molar-refractivity contribution in [2.24, 2.45) is 5.92 Å². The van der Waals surface area contributed by atoms with Crippen molar-refractivity contribution in [3.05, 3.63) is 33.9 Å². The number of carbonyl (C=O) groups is 1. The quantitative estimate of drug-likeness (QED) is 0.623. The van der Waals surface area contributed by atoms with E-state index in [2.05, 4.69) is 10.6 Å². The molecule has 0 saturated heterocycles. The highest BCUT2D eigenvalue weighted by Gasteiger charge is 2.17. The molecule has 2 N–H and O–H groups in total. The SMILES string of the molecule is CNc1cc(C(=O)NCCC2CCCC2)ccc1[N+](=O)[O-]. The molecule has 0 unspecified atom stereocenters. The lowest BCUT2D eigenvalue weighted by Crippen LogP contribution is -2.25. The van der Waals surface area contributed by atoms with Crippen LogP contribution in [0.5, 0.6) is 0 Å². The van der Waals surface area contributed by atoms with Gasteiger partial charge in [-0.15, -0.1) is 0 Å². The van der Waals surface area contributed by atoms with Crippen molar-refractivity contribution < 1.29 is 9.72 Å². The number of carbonyl (C=O) groups excluding carboxylic acids is 1. The summed E-state index contributed by atoms with van der Waals surface area (Å²) in [6.07, 6.45) is 6.13. The van der Waals surface area contributed by atoms with Crippen LogP contribution in [-0.4, -0.2) is 24.4 Å². The molecule has 0 heterocycles. The minimum atomic E-state index is -0.465. The first kappa shape index (κ1) is 15.3. The summed E-state index contributed by atoms with van der Waals surface area (Å²) in [6, 6.07) is 4.37. The number of nitrogens with zero attached hydrogens (tertiary/aromatic N) is 1. The van der Waals surface area contributed by atoms with Crippen molar-refractivity contribution in [3.8, 4) is 0 Å². The van der Waals surface area contributed by atoms with E-state index in [4.69, 9.17) is 0 Å². The first-order valence-corrected chi connectivity index (χ1v) is 7.36. The van der Waals surface area contributed by atoms with E-state index in [0.717, 1.165) is 12.3 Å². The summed E-state index contributed by atoms with van der Waals surface area (Å²) in [5.74, 6) is 0.550. The molecule has 1 fully saturated rings. The largest absolute Gasteiger partial charge is 0.383 e. The van der Waals surface area contributed by atoms with Crippen molar-refractivity contribution >= 4 is 17.3 Å². The number of rotatable bonds is 6. The normalized spacial score (nSPS) is 14.9. The summed E-state index contributed by atoms with van der Waals surface area (Å²) in [6.45, 7) is 0.662. The van der Waals surface area contributed by atoms with Gasteiger partial charge in [0.1, 0.15) is 5.69 Å². The molecule has 1 aliphatic carbocycles. The molecule has 0 aromatic heterocycles. The second-order valence-corrected chi connectivity index (χ2v) is 5.43. The number of anilines is 1. The van der Waals surface area contributed by atoms with Gasteiger partial charge in [-0.3, -0.25) is 14.9 Å². The third kappa shape index (κ3) is 3.93. The van der Waals surface area contributed by atoms with Gasteiger partial charge < -0.3 is 10.6 Å². The predicted octanol–water partition coefficient (Wildman–Crippen LogP) is 2.95. The van der Waals surface area contributed by atoms with Crippen LogP contribution in [0, 0.1) is 16.0 Å². The number of nitrogens with one attached hydrogen (secondary N) is 2. The molecule has 1 saturated carbocycles. The molecular weight excluding hydrogens is 270 g/mol. The fourth-order valence-electron chi connectivity index (χ4n) is 2.83. The van der Waals surface area contributed by atoms with E-state index in [1.54, 1.807) is 7.05 Å². The lowest BCUT2D eigenvalue weighted by molar-refractivity contribution is -0.383. The van der Waals surface area contributed by atoms with Crippen LogP contribution in [0.4, 0.5) is 11.4 Å². The molecule has 6 heteroatoms. The minimum absolute atomic E-state index is 0.0278. The molecule has 114 valence electrons. The van der Waals surface area contributed by atoms with Gasteiger partial charge in [0.25, 0.3) is 11.6 Å². The van der Waals surface area contributed by atoms with E-state index in [9.17, 15) is 14.9 Å². The van der Waals surface area contributed by atoms with Crippen molar-refractivity contribution in [2.75, 3.05) is 18.9 Å². The number of benzene rings is 1. The average molecular weight is 291 g/mol. The zero-order valence-corrected chi connectivity index (χ0v) is 12.2. The van der Waals surface area contributed by atoms with Crippen LogP contribution in [0.1, 0.15) is 42.5 Å². The van der Waals surface area contributed by atoms with E-state index in [-0.39, 0.29) is 11.6 Å². The Balaban J connectivity index is 1.93. The maximum absolute atomic E-state index is 12.1. The van der Waals surface area contributed by atoms with Gasteiger partial charge in [0.15, 0.2) is 0 Å². The Morgan fingerprint density at radius 2 is 2.10 bits per heavy atom. The zero-order valence-electron chi connectivity index (χ0n) is 12.2. The Labute approximate surface area is 124 Å². The van der Waals surface area contributed by atoms with Gasteiger partial charge >= 0.3 is 0 Å². The average Bonchev–Trinajstić information content (AvgIpc) is 2.99. The van der Waals surface area contributed by atoms with Gasteiger partial charge in [-0.05, 0) is 24.5 Å². The molecule has 1 aromatic carbocycles. The lowest BCUT2D eigenvalue weighted by Gasteiger charge is -2.10. The van der Waals surface area contributed by atoms with Gasteiger partial charge in [0.2, 0.25) is 0 Å². The van der Waals surface area contributed by atoms with Gasteiger partial charge in [-0.25, -0.2) is 0 Å². The molecule has 21 heavy (non-hydrogen) atoms. The summed E-state index contributed by atoms with van der Waals surface area (Å²) in [5.41, 5.74) is 0.764. The van der Waals surface area contributed by atoms with Crippen LogP contribution in [0.25, 0.3) is 0 Å². The fraction of sp³-hybridized carbons (Fsp3) is 0.533. The lowest BCUT2D eigenvalue weighted by atomic mass is 10.0. The van der Waals surface area contributed by atoms with Gasteiger partial charge in [0, 0.05) is 25.2 Å². The summed E-state index contributed by atoms with van der Waals surface area (Å²) in [4.78, 5) is 22.4. The summed E-state index contributed by atoms with van der Waals surface area (Å²) >= 11 is 0. The Morgan fingerprint density at radius 1 is 1.38 bits per heavy atom. The molecule has 0 spiro atoms. The van der Waals surface area contributed by atoms with Gasteiger partial charge in [0.05, 0.1) is 4.92 Å². The maximum Gasteiger partial charge on any atom is 0.292 e. The molecular formula is C15H21N3O3. The first-order valence-electron chi connectivity index (χ1n) is 7.36. The maximum atomic E-state index is 12.1.